The van der Waals surface area contributed by atoms with Gasteiger partial charge in [0.1, 0.15) is 12.4 Å². The van der Waals surface area contributed by atoms with Crippen molar-refractivity contribution >= 4 is 22.4 Å². The first-order chi connectivity index (χ1) is 11.7. The Morgan fingerprint density at radius 3 is 2.33 bits per heavy atom. The van der Waals surface area contributed by atoms with E-state index in [1.807, 2.05) is 60.7 Å². The highest BCUT2D eigenvalue weighted by Crippen LogP contribution is 2.36. The number of ether oxygens (including phenoxy) is 1. The van der Waals surface area contributed by atoms with E-state index in [1.165, 1.54) is 0 Å². The number of aliphatic hydroxyl groups excluding tert-OH is 2. The third-order valence-corrected chi connectivity index (χ3v) is 4.23. The van der Waals surface area contributed by atoms with Crippen LogP contribution in [0.15, 0.2) is 60.7 Å². The zero-order chi connectivity index (χ0) is 16.9. The summed E-state index contributed by atoms with van der Waals surface area (Å²) < 4.78 is 6.09. The number of halogens is 1. The molecule has 0 aliphatic heterocycles. The zero-order valence-electron chi connectivity index (χ0n) is 13.2. The molecule has 0 spiro atoms. The molecule has 3 rings (SSSR count). The van der Waals surface area contributed by atoms with Gasteiger partial charge in [0.25, 0.3) is 0 Å². The van der Waals surface area contributed by atoms with Gasteiger partial charge in [-0.3, -0.25) is 0 Å². The van der Waals surface area contributed by atoms with Gasteiger partial charge >= 0.3 is 0 Å². The van der Waals surface area contributed by atoms with Gasteiger partial charge in [-0.1, -0.05) is 66.2 Å². The van der Waals surface area contributed by atoms with Gasteiger partial charge < -0.3 is 14.9 Å². The number of hydrogen-bond donors (Lipinski definition) is 2. The molecule has 0 bridgehead atoms. The van der Waals surface area contributed by atoms with Crippen LogP contribution < -0.4 is 4.74 Å². The van der Waals surface area contributed by atoms with E-state index in [1.54, 1.807) is 0 Å². The van der Waals surface area contributed by atoms with Gasteiger partial charge in [0, 0.05) is 22.2 Å². The van der Waals surface area contributed by atoms with E-state index in [4.69, 9.17) is 21.4 Å². The number of rotatable bonds is 6. The zero-order valence-corrected chi connectivity index (χ0v) is 13.9. The average Bonchev–Trinajstić information content (AvgIpc) is 2.62. The smallest absolute Gasteiger partial charge is 0.131 e. The molecule has 0 fully saturated rings. The lowest BCUT2D eigenvalue weighted by Crippen LogP contribution is -2.16. The maximum absolute atomic E-state index is 9.84. The van der Waals surface area contributed by atoms with Crippen LogP contribution in [0, 0.1) is 0 Å². The predicted octanol–water partition coefficient (Wildman–Crippen LogP) is 3.97. The molecule has 0 heterocycles. The molecule has 4 heteroatoms. The summed E-state index contributed by atoms with van der Waals surface area (Å²) in [5, 5.41) is 21.4. The van der Waals surface area contributed by atoms with Crippen molar-refractivity contribution in [3.8, 4) is 5.75 Å². The molecule has 0 radical (unpaired) electrons. The highest BCUT2D eigenvalue weighted by Gasteiger charge is 2.15. The Hall–Kier alpha value is -2.07. The largest absolute Gasteiger partial charge is 0.488 e. The van der Waals surface area contributed by atoms with Gasteiger partial charge in [-0.25, -0.2) is 0 Å². The van der Waals surface area contributed by atoms with Crippen LogP contribution in [0.3, 0.4) is 0 Å². The van der Waals surface area contributed by atoms with Gasteiger partial charge in [0.05, 0.1) is 12.7 Å². The normalized spacial score (nSPS) is 12.3. The molecule has 0 saturated carbocycles. The van der Waals surface area contributed by atoms with Gasteiger partial charge in [-0.2, -0.15) is 0 Å². The molecule has 0 amide bonds. The van der Waals surface area contributed by atoms with Crippen LogP contribution in [0.25, 0.3) is 10.8 Å². The van der Waals surface area contributed by atoms with Crippen LogP contribution >= 0.6 is 11.6 Å². The maximum atomic E-state index is 9.84. The first-order valence-electron chi connectivity index (χ1n) is 7.85. The molecule has 3 aromatic carbocycles. The van der Waals surface area contributed by atoms with E-state index >= 15 is 0 Å². The van der Waals surface area contributed by atoms with E-state index < -0.39 is 6.10 Å². The third-order valence-electron chi connectivity index (χ3n) is 3.91. The van der Waals surface area contributed by atoms with Crippen LogP contribution in [0.1, 0.15) is 11.1 Å². The number of hydrogen-bond acceptors (Lipinski definition) is 3. The van der Waals surface area contributed by atoms with E-state index in [0.29, 0.717) is 17.4 Å². The average molecular weight is 343 g/mol. The molecule has 0 aromatic heterocycles. The second-order valence-corrected chi connectivity index (χ2v) is 6.11. The second-order valence-electron chi connectivity index (χ2n) is 5.71. The minimum Gasteiger partial charge on any atom is -0.488 e. The van der Waals surface area contributed by atoms with Gasteiger partial charge in [-0.15, -0.1) is 0 Å². The number of benzene rings is 3. The van der Waals surface area contributed by atoms with Crippen molar-refractivity contribution in [1.29, 1.82) is 0 Å². The molecule has 3 aromatic rings. The van der Waals surface area contributed by atoms with Crippen molar-refractivity contribution in [3.63, 3.8) is 0 Å². The van der Waals surface area contributed by atoms with Crippen molar-refractivity contribution in [1.82, 2.24) is 0 Å². The van der Waals surface area contributed by atoms with Crippen LogP contribution in [0.4, 0.5) is 0 Å². The lowest BCUT2D eigenvalue weighted by Gasteiger charge is -2.17. The summed E-state index contributed by atoms with van der Waals surface area (Å²) in [5.41, 5.74) is 1.85. The van der Waals surface area contributed by atoms with Crippen LogP contribution in [-0.4, -0.2) is 22.9 Å². The Morgan fingerprint density at radius 2 is 1.62 bits per heavy atom. The summed E-state index contributed by atoms with van der Waals surface area (Å²) in [6.07, 6.45) is -0.563. The minimum atomic E-state index is -0.846. The van der Waals surface area contributed by atoms with Gasteiger partial charge in [-0.05, 0) is 17.2 Å². The molecule has 124 valence electrons. The molecular weight excluding hydrogens is 324 g/mol. The SMILES string of the molecule is OC[C@@H](O)Cc1cc(Cl)c2ccccc2c1OCc1ccccc1. The second kappa shape index (κ2) is 7.67. The topological polar surface area (TPSA) is 49.7 Å². The Bertz CT molecular complexity index is 818. The van der Waals surface area contributed by atoms with Crippen LogP contribution in [-0.2, 0) is 13.0 Å². The van der Waals surface area contributed by atoms with Crippen LogP contribution in [0.5, 0.6) is 5.75 Å². The molecule has 0 aliphatic carbocycles. The first kappa shape index (κ1) is 16.8. The Kier molecular flexibility index (Phi) is 5.36. The number of aliphatic hydroxyl groups is 2. The van der Waals surface area contributed by atoms with E-state index in [9.17, 15) is 5.11 Å². The fourth-order valence-corrected chi connectivity index (χ4v) is 3.03. The summed E-state index contributed by atoms with van der Waals surface area (Å²) in [7, 11) is 0. The summed E-state index contributed by atoms with van der Waals surface area (Å²) in [6, 6.07) is 19.5. The van der Waals surface area contributed by atoms with Gasteiger partial charge in [0.2, 0.25) is 0 Å². The predicted molar refractivity (Wildman–Crippen MR) is 96.5 cm³/mol. The van der Waals surface area contributed by atoms with Crippen molar-refractivity contribution in [2.75, 3.05) is 6.61 Å². The summed E-state index contributed by atoms with van der Waals surface area (Å²) in [4.78, 5) is 0. The van der Waals surface area contributed by atoms with E-state index in [-0.39, 0.29) is 13.0 Å². The molecule has 0 saturated heterocycles. The molecule has 1 atom stereocenters. The fourth-order valence-electron chi connectivity index (χ4n) is 2.73. The fraction of sp³-hybridized carbons (Fsp3) is 0.200. The lowest BCUT2D eigenvalue weighted by atomic mass is 10.0. The molecule has 0 aliphatic rings. The van der Waals surface area contributed by atoms with Crippen molar-refractivity contribution in [2.24, 2.45) is 0 Å². The van der Waals surface area contributed by atoms with E-state index in [0.717, 1.165) is 21.9 Å². The van der Waals surface area contributed by atoms with Crippen LogP contribution in [0.2, 0.25) is 5.02 Å². The Morgan fingerprint density at radius 1 is 0.958 bits per heavy atom. The Labute approximate surface area is 146 Å². The maximum Gasteiger partial charge on any atom is 0.131 e. The van der Waals surface area contributed by atoms with Crippen molar-refractivity contribution in [3.05, 3.63) is 76.8 Å². The Balaban J connectivity index is 2.01. The summed E-state index contributed by atoms with van der Waals surface area (Å²) >= 11 is 6.38. The molecule has 2 N–H and O–H groups in total. The van der Waals surface area contributed by atoms with E-state index in [2.05, 4.69) is 0 Å². The van der Waals surface area contributed by atoms with Crippen molar-refractivity contribution < 1.29 is 14.9 Å². The molecular formula is C20H19ClO3. The van der Waals surface area contributed by atoms with Crippen molar-refractivity contribution in [2.45, 2.75) is 19.1 Å². The minimum absolute atomic E-state index is 0.283. The van der Waals surface area contributed by atoms with Gasteiger partial charge in [0.15, 0.2) is 0 Å². The molecule has 3 nitrogen and oxygen atoms in total. The summed E-state index contributed by atoms with van der Waals surface area (Å²) in [5.74, 6) is 0.700. The molecule has 0 unspecified atom stereocenters. The number of fused-ring (bicyclic) bond motifs is 1. The standard InChI is InChI=1S/C20H19ClO3/c21-19-11-15(10-16(23)12-22)20(18-9-5-4-8-17(18)19)24-13-14-6-2-1-3-7-14/h1-9,11,16,22-23H,10,12-13H2/t16-/m0/s1. The highest BCUT2D eigenvalue weighted by molar-refractivity contribution is 6.35. The highest BCUT2D eigenvalue weighted by atomic mass is 35.5. The lowest BCUT2D eigenvalue weighted by molar-refractivity contribution is 0.0948. The summed E-state index contributed by atoms with van der Waals surface area (Å²) in [6.45, 7) is 0.122. The quantitative estimate of drug-likeness (QED) is 0.712. The molecule has 24 heavy (non-hydrogen) atoms. The first-order valence-corrected chi connectivity index (χ1v) is 8.22. The monoisotopic (exact) mass is 342 g/mol. The third kappa shape index (κ3) is 3.70.